The number of rotatable bonds is 5. The van der Waals surface area contributed by atoms with E-state index in [1.807, 2.05) is 0 Å². The van der Waals surface area contributed by atoms with Crippen molar-refractivity contribution < 1.29 is 4.74 Å². The fourth-order valence-electron chi connectivity index (χ4n) is 1.37. The Balaban J connectivity index is 1.96. The molecule has 1 rings (SSSR count). The lowest BCUT2D eigenvalue weighted by molar-refractivity contribution is 0.0893. The second-order valence-electron chi connectivity index (χ2n) is 3.43. The summed E-state index contributed by atoms with van der Waals surface area (Å²) in [5.41, 5.74) is 5.89. The zero-order valence-electron chi connectivity index (χ0n) is 7.38. The maximum atomic E-state index is 5.89. The smallest absolute Gasteiger partial charge is 0.0620 e. The third-order valence-electron chi connectivity index (χ3n) is 2.41. The Kier molecular flexibility index (Phi) is 3.87. The maximum Gasteiger partial charge on any atom is 0.0620 e. The Morgan fingerprint density at radius 3 is 2.73 bits per heavy atom. The van der Waals surface area contributed by atoms with Gasteiger partial charge in [0.15, 0.2) is 0 Å². The van der Waals surface area contributed by atoms with Gasteiger partial charge in [0.2, 0.25) is 0 Å². The van der Waals surface area contributed by atoms with Crippen LogP contribution in [-0.2, 0) is 4.74 Å². The van der Waals surface area contributed by atoms with Gasteiger partial charge in [0.25, 0.3) is 0 Å². The Morgan fingerprint density at radius 1 is 1.55 bits per heavy atom. The molecule has 0 saturated heterocycles. The van der Waals surface area contributed by atoms with Crippen LogP contribution in [-0.4, -0.2) is 19.3 Å². The molecule has 0 bridgehead atoms. The Hall–Kier alpha value is -0.0800. The SMILES string of the molecule is CCCOCC(N)C1CCC1. The molecule has 11 heavy (non-hydrogen) atoms. The van der Waals surface area contributed by atoms with Crippen molar-refractivity contribution in [3.8, 4) is 0 Å². The van der Waals surface area contributed by atoms with Crippen LogP contribution in [0.5, 0.6) is 0 Å². The van der Waals surface area contributed by atoms with Crippen LogP contribution in [0.25, 0.3) is 0 Å². The average Bonchev–Trinajstić information content (AvgIpc) is 1.84. The summed E-state index contributed by atoms with van der Waals surface area (Å²) in [7, 11) is 0. The fourth-order valence-corrected chi connectivity index (χ4v) is 1.37. The zero-order chi connectivity index (χ0) is 8.10. The second kappa shape index (κ2) is 4.73. The van der Waals surface area contributed by atoms with Gasteiger partial charge in [-0.15, -0.1) is 0 Å². The third kappa shape index (κ3) is 2.80. The van der Waals surface area contributed by atoms with Crippen LogP contribution in [0.2, 0.25) is 0 Å². The summed E-state index contributed by atoms with van der Waals surface area (Å²) in [4.78, 5) is 0. The Bertz CT molecular complexity index is 102. The summed E-state index contributed by atoms with van der Waals surface area (Å²) in [5, 5.41) is 0. The molecule has 0 aromatic carbocycles. The van der Waals surface area contributed by atoms with Crippen molar-refractivity contribution in [1.82, 2.24) is 0 Å². The van der Waals surface area contributed by atoms with Crippen molar-refractivity contribution in [2.75, 3.05) is 13.2 Å². The molecule has 1 aliphatic rings. The van der Waals surface area contributed by atoms with Crippen molar-refractivity contribution >= 4 is 0 Å². The Morgan fingerprint density at radius 2 is 2.27 bits per heavy atom. The number of ether oxygens (including phenoxy) is 1. The van der Waals surface area contributed by atoms with Crippen LogP contribution in [0.15, 0.2) is 0 Å². The van der Waals surface area contributed by atoms with E-state index in [1.165, 1.54) is 19.3 Å². The van der Waals surface area contributed by atoms with Gasteiger partial charge in [-0.3, -0.25) is 0 Å². The van der Waals surface area contributed by atoms with Crippen LogP contribution in [0.3, 0.4) is 0 Å². The third-order valence-corrected chi connectivity index (χ3v) is 2.41. The molecule has 0 radical (unpaired) electrons. The van der Waals surface area contributed by atoms with E-state index in [9.17, 15) is 0 Å². The standard InChI is InChI=1S/C9H19NO/c1-2-6-11-7-9(10)8-4-3-5-8/h8-9H,2-7,10H2,1H3. The van der Waals surface area contributed by atoms with E-state index in [4.69, 9.17) is 10.5 Å². The normalized spacial score (nSPS) is 21.3. The molecule has 1 atom stereocenters. The molecule has 1 fully saturated rings. The van der Waals surface area contributed by atoms with Gasteiger partial charge >= 0.3 is 0 Å². The number of hydrogen-bond donors (Lipinski definition) is 1. The minimum Gasteiger partial charge on any atom is -0.380 e. The number of nitrogens with two attached hydrogens (primary N) is 1. The first-order chi connectivity index (χ1) is 5.34. The highest BCUT2D eigenvalue weighted by molar-refractivity contribution is 4.79. The van der Waals surface area contributed by atoms with Crippen molar-refractivity contribution in [1.29, 1.82) is 0 Å². The lowest BCUT2D eigenvalue weighted by Gasteiger charge is -2.30. The van der Waals surface area contributed by atoms with Crippen LogP contribution < -0.4 is 5.73 Å². The predicted octanol–water partition coefficient (Wildman–Crippen LogP) is 1.54. The quantitative estimate of drug-likeness (QED) is 0.614. The van der Waals surface area contributed by atoms with Crippen molar-refractivity contribution in [3.05, 3.63) is 0 Å². The zero-order valence-corrected chi connectivity index (χ0v) is 7.38. The first-order valence-corrected chi connectivity index (χ1v) is 4.68. The molecule has 0 aliphatic heterocycles. The topological polar surface area (TPSA) is 35.2 Å². The molecule has 0 aromatic rings. The summed E-state index contributed by atoms with van der Waals surface area (Å²) in [5.74, 6) is 0.756. The second-order valence-corrected chi connectivity index (χ2v) is 3.43. The van der Waals surface area contributed by atoms with Crippen molar-refractivity contribution in [3.63, 3.8) is 0 Å². The lowest BCUT2D eigenvalue weighted by atomic mass is 9.80. The van der Waals surface area contributed by atoms with Gasteiger partial charge in [-0.25, -0.2) is 0 Å². The molecule has 0 amide bonds. The molecule has 1 saturated carbocycles. The van der Waals surface area contributed by atoms with Gasteiger partial charge in [0.05, 0.1) is 6.61 Å². The number of hydrogen-bond acceptors (Lipinski definition) is 2. The molecular formula is C9H19NO. The summed E-state index contributed by atoms with van der Waals surface area (Å²) in [6.45, 7) is 3.74. The highest BCUT2D eigenvalue weighted by Crippen LogP contribution is 2.28. The van der Waals surface area contributed by atoms with Crippen LogP contribution in [0.1, 0.15) is 32.6 Å². The van der Waals surface area contributed by atoms with Crippen LogP contribution >= 0.6 is 0 Å². The molecule has 0 spiro atoms. The fraction of sp³-hybridized carbons (Fsp3) is 1.00. The van der Waals surface area contributed by atoms with E-state index >= 15 is 0 Å². The van der Waals surface area contributed by atoms with E-state index < -0.39 is 0 Å². The lowest BCUT2D eigenvalue weighted by Crippen LogP contribution is -2.38. The average molecular weight is 157 g/mol. The molecule has 2 nitrogen and oxygen atoms in total. The molecule has 1 aliphatic carbocycles. The Labute approximate surface area is 69.1 Å². The van der Waals surface area contributed by atoms with E-state index in [0.29, 0.717) is 6.04 Å². The first kappa shape index (κ1) is 9.01. The molecule has 1 unspecified atom stereocenters. The summed E-state index contributed by atoms with van der Waals surface area (Å²) in [6.07, 6.45) is 5.09. The minimum atomic E-state index is 0.301. The molecule has 0 aromatic heterocycles. The molecule has 2 heteroatoms. The van der Waals surface area contributed by atoms with E-state index in [1.54, 1.807) is 0 Å². The maximum absolute atomic E-state index is 5.89. The minimum absolute atomic E-state index is 0.301. The molecular weight excluding hydrogens is 138 g/mol. The monoisotopic (exact) mass is 157 g/mol. The van der Waals surface area contributed by atoms with Crippen LogP contribution in [0, 0.1) is 5.92 Å². The van der Waals surface area contributed by atoms with Gasteiger partial charge < -0.3 is 10.5 Å². The van der Waals surface area contributed by atoms with Crippen molar-refractivity contribution in [2.24, 2.45) is 11.7 Å². The van der Waals surface area contributed by atoms with Gasteiger partial charge in [0, 0.05) is 12.6 Å². The summed E-state index contributed by atoms with van der Waals surface area (Å²) >= 11 is 0. The van der Waals surface area contributed by atoms with Gasteiger partial charge in [-0.05, 0) is 25.2 Å². The molecule has 66 valence electrons. The summed E-state index contributed by atoms with van der Waals surface area (Å²) in [6, 6.07) is 0.301. The molecule has 0 heterocycles. The van der Waals surface area contributed by atoms with Crippen LogP contribution in [0.4, 0.5) is 0 Å². The summed E-state index contributed by atoms with van der Waals surface area (Å²) < 4.78 is 5.38. The van der Waals surface area contributed by atoms with Gasteiger partial charge in [0.1, 0.15) is 0 Å². The first-order valence-electron chi connectivity index (χ1n) is 4.68. The highest BCUT2D eigenvalue weighted by Gasteiger charge is 2.23. The van der Waals surface area contributed by atoms with E-state index in [2.05, 4.69) is 6.92 Å². The van der Waals surface area contributed by atoms with Gasteiger partial charge in [-0.1, -0.05) is 13.3 Å². The predicted molar refractivity (Wildman–Crippen MR) is 46.4 cm³/mol. The van der Waals surface area contributed by atoms with E-state index in [-0.39, 0.29) is 0 Å². The highest BCUT2D eigenvalue weighted by atomic mass is 16.5. The van der Waals surface area contributed by atoms with Gasteiger partial charge in [-0.2, -0.15) is 0 Å². The van der Waals surface area contributed by atoms with E-state index in [0.717, 1.165) is 25.6 Å². The van der Waals surface area contributed by atoms with Crippen molar-refractivity contribution in [2.45, 2.75) is 38.6 Å². The molecule has 2 N–H and O–H groups in total. The largest absolute Gasteiger partial charge is 0.380 e.